The lowest BCUT2D eigenvalue weighted by Gasteiger charge is -2.34. The van der Waals surface area contributed by atoms with Crippen LogP contribution in [-0.4, -0.2) is 51.9 Å². The molecule has 2 aromatic rings. The minimum Gasteiger partial charge on any atom is -0.340 e. The van der Waals surface area contributed by atoms with Crippen LogP contribution in [0.1, 0.15) is 12.5 Å². The Morgan fingerprint density at radius 2 is 1.92 bits per heavy atom. The molecule has 0 N–H and O–H groups in total. The predicted molar refractivity (Wildman–Crippen MR) is 95.0 cm³/mol. The van der Waals surface area contributed by atoms with E-state index >= 15 is 0 Å². The lowest BCUT2D eigenvalue weighted by molar-refractivity contribution is -0.130. The van der Waals surface area contributed by atoms with Crippen molar-refractivity contribution in [3.63, 3.8) is 0 Å². The molecule has 5 nitrogen and oxygen atoms in total. The van der Waals surface area contributed by atoms with Crippen molar-refractivity contribution < 1.29 is 4.79 Å². The summed E-state index contributed by atoms with van der Waals surface area (Å²) in [5.74, 6) is 0.144. The topological polar surface area (TPSA) is 49.3 Å². The van der Waals surface area contributed by atoms with Gasteiger partial charge in [0.15, 0.2) is 0 Å². The summed E-state index contributed by atoms with van der Waals surface area (Å²) in [5, 5.41) is 0.848. The van der Waals surface area contributed by atoms with Crippen LogP contribution in [0.25, 0.3) is 11.3 Å². The van der Waals surface area contributed by atoms with E-state index in [4.69, 9.17) is 23.2 Å². The van der Waals surface area contributed by atoms with Crippen LogP contribution in [0.2, 0.25) is 10.3 Å². The Labute approximate surface area is 151 Å². The number of hydrogen-bond acceptors (Lipinski definition) is 4. The van der Waals surface area contributed by atoms with E-state index in [1.54, 1.807) is 19.2 Å². The van der Waals surface area contributed by atoms with Crippen molar-refractivity contribution in [3.8, 4) is 11.3 Å². The molecule has 1 aromatic heterocycles. The number of halogens is 2. The van der Waals surface area contributed by atoms with Crippen molar-refractivity contribution in [2.75, 3.05) is 26.2 Å². The number of rotatable bonds is 3. The van der Waals surface area contributed by atoms with Crippen LogP contribution >= 0.6 is 23.2 Å². The van der Waals surface area contributed by atoms with Gasteiger partial charge in [0.25, 0.3) is 0 Å². The Kier molecular flexibility index (Phi) is 5.33. The maximum absolute atomic E-state index is 11.4. The molecule has 1 aliphatic heterocycles. The van der Waals surface area contributed by atoms with E-state index in [2.05, 4.69) is 20.9 Å². The van der Waals surface area contributed by atoms with Crippen molar-refractivity contribution in [1.82, 2.24) is 19.8 Å². The van der Waals surface area contributed by atoms with Crippen LogP contribution in [0.3, 0.4) is 0 Å². The highest BCUT2D eigenvalue weighted by molar-refractivity contribution is 6.33. The average molecular weight is 365 g/mol. The Hall–Kier alpha value is -1.69. The van der Waals surface area contributed by atoms with Crippen LogP contribution in [0.4, 0.5) is 0 Å². The van der Waals surface area contributed by atoms with Crippen molar-refractivity contribution in [2.24, 2.45) is 0 Å². The molecule has 3 rings (SSSR count). The summed E-state index contributed by atoms with van der Waals surface area (Å²) in [4.78, 5) is 23.7. The summed E-state index contributed by atoms with van der Waals surface area (Å²) < 4.78 is 0. The number of carbonyl (C=O) groups is 1. The van der Waals surface area contributed by atoms with Crippen molar-refractivity contribution in [1.29, 1.82) is 0 Å². The summed E-state index contributed by atoms with van der Waals surface area (Å²) >= 11 is 12.3. The van der Waals surface area contributed by atoms with Gasteiger partial charge < -0.3 is 4.90 Å². The molecule has 7 heteroatoms. The van der Waals surface area contributed by atoms with Gasteiger partial charge in [0.1, 0.15) is 0 Å². The fourth-order valence-electron chi connectivity index (χ4n) is 2.83. The molecule has 1 aliphatic rings. The molecule has 0 saturated carbocycles. The Balaban J connectivity index is 1.68. The molecule has 1 aromatic carbocycles. The van der Waals surface area contributed by atoms with Gasteiger partial charge in [-0.25, -0.2) is 9.97 Å². The van der Waals surface area contributed by atoms with Gasteiger partial charge in [-0.2, -0.15) is 0 Å². The van der Waals surface area contributed by atoms with Crippen molar-refractivity contribution in [2.45, 2.75) is 13.5 Å². The zero-order valence-corrected chi connectivity index (χ0v) is 14.9. The van der Waals surface area contributed by atoms with E-state index in [1.165, 1.54) is 0 Å². The van der Waals surface area contributed by atoms with Gasteiger partial charge in [-0.1, -0.05) is 23.7 Å². The first-order valence-electron chi connectivity index (χ1n) is 7.78. The van der Waals surface area contributed by atoms with Crippen LogP contribution in [0, 0.1) is 0 Å². The maximum Gasteiger partial charge on any atom is 0.222 e. The molecule has 0 unspecified atom stereocenters. The standard InChI is InChI=1S/C17H18Cl2N4O/c1-12(24)23-8-6-22(7-9-23)11-13-2-3-14(15(18)10-13)16-4-5-20-17(19)21-16/h2-5,10H,6-9,11H2,1H3. The number of hydrogen-bond donors (Lipinski definition) is 0. The van der Waals surface area contributed by atoms with Crippen LogP contribution in [0.5, 0.6) is 0 Å². The molecule has 0 radical (unpaired) electrons. The van der Waals surface area contributed by atoms with Crippen molar-refractivity contribution >= 4 is 29.1 Å². The third-order valence-electron chi connectivity index (χ3n) is 4.16. The zero-order valence-electron chi connectivity index (χ0n) is 13.4. The number of carbonyl (C=O) groups excluding carboxylic acids is 1. The largest absolute Gasteiger partial charge is 0.340 e. The monoisotopic (exact) mass is 364 g/mol. The lowest BCUT2D eigenvalue weighted by Crippen LogP contribution is -2.47. The van der Waals surface area contributed by atoms with E-state index in [9.17, 15) is 4.79 Å². The normalized spacial score (nSPS) is 15.5. The second kappa shape index (κ2) is 7.47. The van der Waals surface area contributed by atoms with Crippen LogP contribution < -0.4 is 0 Å². The predicted octanol–water partition coefficient (Wildman–Crippen LogP) is 3.11. The number of amides is 1. The quantitative estimate of drug-likeness (QED) is 0.785. The highest BCUT2D eigenvalue weighted by Gasteiger charge is 2.18. The third kappa shape index (κ3) is 4.04. The van der Waals surface area contributed by atoms with Gasteiger partial charge in [0, 0.05) is 51.4 Å². The minimum absolute atomic E-state index is 0.144. The lowest BCUT2D eigenvalue weighted by atomic mass is 10.1. The molecule has 0 aliphatic carbocycles. The SMILES string of the molecule is CC(=O)N1CCN(Cc2ccc(-c3ccnc(Cl)n3)c(Cl)c2)CC1. The molecule has 24 heavy (non-hydrogen) atoms. The van der Waals surface area contributed by atoms with Gasteiger partial charge in [-0.3, -0.25) is 9.69 Å². The summed E-state index contributed by atoms with van der Waals surface area (Å²) in [6, 6.07) is 7.76. The molecule has 1 saturated heterocycles. The summed E-state index contributed by atoms with van der Waals surface area (Å²) in [6.07, 6.45) is 1.61. The number of piperazine rings is 1. The first-order valence-corrected chi connectivity index (χ1v) is 8.54. The highest BCUT2D eigenvalue weighted by Crippen LogP contribution is 2.28. The Morgan fingerprint density at radius 3 is 2.54 bits per heavy atom. The van der Waals surface area contributed by atoms with Gasteiger partial charge >= 0.3 is 0 Å². The first kappa shape index (κ1) is 17.1. The zero-order chi connectivity index (χ0) is 17.1. The first-order chi connectivity index (χ1) is 11.5. The smallest absolute Gasteiger partial charge is 0.222 e. The van der Waals surface area contributed by atoms with E-state index in [0.717, 1.165) is 43.9 Å². The molecule has 2 heterocycles. The molecular formula is C17H18Cl2N4O. The Morgan fingerprint density at radius 1 is 1.17 bits per heavy atom. The highest BCUT2D eigenvalue weighted by atomic mass is 35.5. The van der Waals surface area contributed by atoms with Gasteiger partial charge in [0.05, 0.1) is 10.7 Å². The molecule has 0 spiro atoms. The molecule has 1 fully saturated rings. The Bertz CT molecular complexity index is 745. The van der Waals surface area contributed by atoms with Gasteiger partial charge in [-0.15, -0.1) is 0 Å². The fraction of sp³-hybridized carbons (Fsp3) is 0.353. The van der Waals surface area contributed by atoms with E-state index in [-0.39, 0.29) is 11.2 Å². The van der Waals surface area contributed by atoms with Gasteiger partial charge in [0.2, 0.25) is 11.2 Å². The molecule has 0 bridgehead atoms. The van der Waals surface area contributed by atoms with E-state index in [0.29, 0.717) is 10.7 Å². The molecular weight excluding hydrogens is 347 g/mol. The maximum atomic E-state index is 11.4. The van der Waals surface area contributed by atoms with E-state index in [1.807, 2.05) is 17.0 Å². The number of aromatic nitrogens is 2. The summed E-state index contributed by atoms with van der Waals surface area (Å²) in [7, 11) is 0. The summed E-state index contributed by atoms with van der Waals surface area (Å²) in [6.45, 7) is 5.74. The summed E-state index contributed by atoms with van der Waals surface area (Å²) in [5.41, 5.74) is 2.69. The van der Waals surface area contributed by atoms with E-state index < -0.39 is 0 Å². The fourth-order valence-corrected chi connectivity index (χ4v) is 3.28. The number of nitrogens with zero attached hydrogens (tertiary/aromatic N) is 4. The minimum atomic E-state index is 0.144. The average Bonchev–Trinajstić information content (AvgIpc) is 2.55. The molecule has 1 amide bonds. The van der Waals surface area contributed by atoms with Gasteiger partial charge in [-0.05, 0) is 29.3 Å². The van der Waals surface area contributed by atoms with Crippen molar-refractivity contribution in [3.05, 3.63) is 46.3 Å². The second-order valence-corrected chi connectivity index (χ2v) is 6.55. The molecule has 126 valence electrons. The van der Waals surface area contributed by atoms with Crippen LogP contribution in [0.15, 0.2) is 30.5 Å². The molecule has 0 atom stereocenters. The third-order valence-corrected chi connectivity index (χ3v) is 4.65. The van der Waals surface area contributed by atoms with Crippen LogP contribution in [-0.2, 0) is 11.3 Å². The number of benzene rings is 1. The second-order valence-electron chi connectivity index (χ2n) is 5.81.